The van der Waals surface area contributed by atoms with Gasteiger partial charge in [0.05, 0.1) is 24.5 Å². The molecule has 0 saturated heterocycles. The lowest BCUT2D eigenvalue weighted by molar-refractivity contribution is -0.124. The van der Waals surface area contributed by atoms with E-state index in [9.17, 15) is 9.59 Å². The van der Waals surface area contributed by atoms with Crippen molar-refractivity contribution in [3.63, 3.8) is 0 Å². The Labute approximate surface area is 162 Å². The van der Waals surface area contributed by atoms with Gasteiger partial charge in [0.15, 0.2) is 0 Å². The molecular formula is C21H33N3O3. The van der Waals surface area contributed by atoms with E-state index in [2.05, 4.69) is 31.4 Å². The molecule has 0 bridgehead atoms. The molecule has 3 unspecified atom stereocenters. The van der Waals surface area contributed by atoms with Gasteiger partial charge in [0.25, 0.3) is 0 Å². The molecule has 1 fully saturated rings. The third-order valence-corrected chi connectivity index (χ3v) is 5.52. The molecule has 1 saturated carbocycles. The van der Waals surface area contributed by atoms with Gasteiger partial charge >= 0.3 is 0 Å². The summed E-state index contributed by atoms with van der Waals surface area (Å²) in [7, 11) is 1.56. The van der Waals surface area contributed by atoms with E-state index in [-0.39, 0.29) is 17.7 Å². The maximum Gasteiger partial charge on any atom is 0.241 e. The van der Waals surface area contributed by atoms with Gasteiger partial charge in [-0.2, -0.15) is 0 Å². The van der Waals surface area contributed by atoms with Crippen LogP contribution >= 0.6 is 0 Å². The number of nitrogens with two attached hydrogens (primary N) is 1. The molecule has 2 rings (SSSR count). The lowest BCUT2D eigenvalue weighted by Crippen LogP contribution is -2.37. The summed E-state index contributed by atoms with van der Waals surface area (Å²) >= 11 is 0. The standard InChI is InChI=1S/C21H33N3O3/c1-12(2)16-8-6-13(3)10-17(16)21(26)23-18-9-7-15(27-5)11-19(18)24-20(25)14(4)22/h7,9,11-14,16-17H,6,8,10,22H2,1-5H3,(H,23,26)(H,24,25)/t13?,14-,16?,17?/m0/s1. The summed E-state index contributed by atoms with van der Waals surface area (Å²) in [5.41, 5.74) is 6.72. The zero-order chi connectivity index (χ0) is 20.1. The Bertz CT molecular complexity index is 673. The van der Waals surface area contributed by atoms with Gasteiger partial charge in [0.1, 0.15) is 5.75 Å². The minimum absolute atomic E-state index is 0.0155. The third-order valence-electron chi connectivity index (χ3n) is 5.52. The highest BCUT2D eigenvalue weighted by Crippen LogP contribution is 2.39. The van der Waals surface area contributed by atoms with Gasteiger partial charge in [-0.1, -0.05) is 27.2 Å². The SMILES string of the molecule is COc1ccc(NC(=O)C2CC(C)CCC2C(C)C)c(NC(=O)[C@H](C)N)c1. The fraction of sp³-hybridized carbons (Fsp3) is 0.619. The van der Waals surface area contributed by atoms with Crippen LogP contribution in [0.3, 0.4) is 0 Å². The topological polar surface area (TPSA) is 93.5 Å². The van der Waals surface area contributed by atoms with Gasteiger partial charge in [-0.25, -0.2) is 0 Å². The van der Waals surface area contributed by atoms with Crippen LogP contribution in [0.4, 0.5) is 11.4 Å². The van der Waals surface area contributed by atoms with E-state index < -0.39 is 6.04 Å². The van der Waals surface area contributed by atoms with Crippen LogP contribution in [0.1, 0.15) is 47.0 Å². The Kier molecular flexibility index (Phi) is 7.25. The number of carbonyl (C=O) groups excluding carboxylic acids is 2. The van der Waals surface area contributed by atoms with Gasteiger partial charge in [0, 0.05) is 12.0 Å². The highest BCUT2D eigenvalue weighted by Gasteiger charge is 2.35. The maximum absolute atomic E-state index is 13.1. The van der Waals surface area contributed by atoms with Crippen LogP contribution in [-0.2, 0) is 9.59 Å². The van der Waals surface area contributed by atoms with Crippen molar-refractivity contribution in [2.24, 2.45) is 29.4 Å². The van der Waals surface area contributed by atoms with Crippen LogP contribution in [0.15, 0.2) is 18.2 Å². The summed E-state index contributed by atoms with van der Waals surface area (Å²) in [5, 5.41) is 5.81. The van der Waals surface area contributed by atoms with Gasteiger partial charge in [-0.3, -0.25) is 9.59 Å². The summed E-state index contributed by atoms with van der Waals surface area (Å²) < 4.78 is 5.24. The molecule has 1 aliphatic rings. The van der Waals surface area contributed by atoms with Gasteiger partial charge in [-0.15, -0.1) is 0 Å². The second-order valence-electron chi connectivity index (χ2n) is 8.11. The predicted octanol–water partition coefficient (Wildman–Crippen LogP) is 3.63. The average molecular weight is 376 g/mol. The molecule has 0 heterocycles. The first-order valence-electron chi connectivity index (χ1n) is 9.78. The van der Waals surface area contributed by atoms with Crippen LogP contribution in [-0.4, -0.2) is 25.0 Å². The molecule has 0 aromatic heterocycles. The van der Waals surface area contributed by atoms with E-state index >= 15 is 0 Å². The number of rotatable bonds is 6. The number of methoxy groups -OCH3 is 1. The third kappa shape index (κ3) is 5.45. The van der Waals surface area contributed by atoms with Crippen molar-refractivity contribution in [2.45, 2.75) is 53.0 Å². The van der Waals surface area contributed by atoms with Gasteiger partial charge < -0.3 is 21.1 Å². The van der Waals surface area contributed by atoms with Crippen molar-refractivity contribution in [3.05, 3.63) is 18.2 Å². The molecule has 0 spiro atoms. The first-order valence-corrected chi connectivity index (χ1v) is 9.78. The second kappa shape index (κ2) is 9.22. The van der Waals surface area contributed by atoms with Crippen molar-refractivity contribution in [2.75, 3.05) is 17.7 Å². The molecule has 6 heteroatoms. The summed E-state index contributed by atoms with van der Waals surface area (Å²) in [6.45, 7) is 8.19. The van der Waals surface area contributed by atoms with E-state index in [1.807, 2.05) is 0 Å². The molecule has 1 aromatic carbocycles. The van der Waals surface area contributed by atoms with Crippen LogP contribution < -0.4 is 21.1 Å². The first-order chi connectivity index (χ1) is 12.7. The number of carbonyl (C=O) groups is 2. The zero-order valence-corrected chi connectivity index (χ0v) is 17.0. The highest BCUT2D eigenvalue weighted by atomic mass is 16.5. The first kappa shape index (κ1) is 21.2. The van der Waals surface area contributed by atoms with Crippen LogP contribution in [0.5, 0.6) is 5.75 Å². The average Bonchev–Trinajstić information content (AvgIpc) is 2.62. The van der Waals surface area contributed by atoms with Crippen molar-refractivity contribution in [3.8, 4) is 5.75 Å². The number of anilines is 2. The lowest BCUT2D eigenvalue weighted by atomic mass is 9.70. The number of hydrogen-bond acceptors (Lipinski definition) is 4. The molecule has 150 valence electrons. The number of ether oxygens (including phenoxy) is 1. The van der Waals surface area contributed by atoms with Gasteiger partial charge in [-0.05, 0) is 49.7 Å². The predicted molar refractivity (Wildman–Crippen MR) is 109 cm³/mol. The largest absolute Gasteiger partial charge is 0.497 e. The monoisotopic (exact) mass is 375 g/mol. The second-order valence-corrected chi connectivity index (χ2v) is 8.11. The number of benzene rings is 1. The van der Waals surface area contributed by atoms with E-state index in [1.165, 1.54) is 6.42 Å². The molecule has 1 aromatic rings. The van der Waals surface area contributed by atoms with Crippen molar-refractivity contribution >= 4 is 23.2 Å². The van der Waals surface area contributed by atoms with E-state index in [4.69, 9.17) is 10.5 Å². The minimum atomic E-state index is -0.649. The Hall–Kier alpha value is -2.08. The normalized spacial score (nSPS) is 23.6. The van der Waals surface area contributed by atoms with E-state index in [0.29, 0.717) is 34.9 Å². The molecule has 1 aliphatic carbocycles. The summed E-state index contributed by atoms with van der Waals surface area (Å²) in [5.74, 6) is 1.66. The molecule has 27 heavy (non-hydrogen) atoms. The zero-order valence-electron chi connectivity index (χ0n) is 17.0. The van der Waals surface area contributed by atoms with Crippen LogP contribution in [0.2, 0.25) is 0 Å². The number of amides is 2. The van der Waals surface area contributed by atoms with Gasteiger partial charge in [0.2, 0.25) is 11.8 Å². The van der Waals surface area contributed by atoms with E-state index in [1.54, 1.807) is 32.2 Å². The highest BCUT2D eigenvalue weighted by molar-refractivity contribution is 6.02. The Morgan fingerprint density at radius 1 is 1.15 bits per heavy atom. The maximum atomic E-state index is 13.1. The smallest absolute Gasteiger partial charge is 0.241 e. The van der Waals surface area contributed by atoms with E-state index in [0.717, 1.165) is 12.8 Å². The van der Waals surface area contributed by atoms with Crippen molar-refractivity contribution in [1.29, 1.82) is 0 Å². The Morgan fingerprint density at radius 3 is 2.44 bits per heavy atom. The minimum Gasteiger partial charge on any atom is -0.497 e. The van der Waals surface area contributed by atoms with Crippen molar-refractivity contribution < 1.29 is 14.3 Å². The van der Waals surface area contributed by atoms with Crippen LogP contribution in [0, 0.1) is 23.7 Å². The Morgan fingerprint density at radius 2 is 1.85 bits per heavy atom. The summed E-state index contributed by atoms with van der Waals surface area (Å²) in [6, 6.07) is 4.56. The molecule has 4 N–H and O–H groups in total. The number of nitrogens with one attached hydrogen (secondary N) is 2. The molecule has 6 nitrogen and oxygen atoms in total. The summed E-state index contributed by atoms with van der Waals surface area (Å²) in [4.78, 5) is 25.1. The summed E-state index contributed by atoms with van der Waals surface area (Å²) in [6.07, 6.45) is 3.14. The molecule has 2 amide bonds. The molecule has 0 aliphatic heterocycles. The lowest BCUT2D eigenvalue weighted by Gasteiger charge is -2.36. The van der Waals surface area contributed by atoms with Crippen LogP contribution in [0.25, 0.3) is 0 Å². The molecular weight excluding hydrogens is 342 g/mol. The van der Waals surface area contributed by atoms with Crippen molar-refractivity contribution in [1.82, 2.24) is 0 Å². The quantitative estimate of drug-likeness (QED) is 0.708. The number of hydrogen-bond donors (Lipinski definition) is 3. The fourth-order valence-corrected chi connectivity index (χ4v) is 3.84. The Balaban J connectivity index is 2.23. The molecule has 0 radical (unpaired) electrons. The fourth-order valence-electron chi connectivity index (χ4n) is 3.84. The molecule has 4 atom stereocenters.